The Kier molecular flexibility index (Phi) is 7.03. The molecular formula is C24H21N3O3S2. The summed E-state index contributed by atoms with van der Waals surface area (Å²) in [5.41, 5.74) is 2.72. The molecular weight excluding hydrogens is 442 g/mol. The summed E-state index contributed by atoms with van der Waals surface area (Å²) in [6.45, 7) is 1.97. The molecule has 4 aromatic rings. The number of aryl methyl sites for hydroxylation is 1. The number of fused-ring (bicyclic) bond motifs is 1. The molecule has 0 bridgehead atoms. The summed E-state index contributed by atoms with van der Waals surface area (Å²) >= 11 is 2.89. The molecule has 0 atom stereocenters. The smallest absolute Gasteiger partial charge is 0.262 e. The molecule has 0 aliphatic carbocycles. The van der Waals surface area contributed by atoms with E-state index in [2.05, 4.69) is 21.7 Å². The van der Waals surface area contributed by atoms with Gasteiger partial charge in [0, 0.05) is 10.6 Å². The standard InChI is InChI=1S/C24H21N3O3S2/c1-16-7-12-20-21(13-16)32-24(26-20)27-23(29)15-31-19-10-8-17(9-11-19)25-22(28)14-30-18-5-3-2-4-6-18/h2-13H,14-15H2,1H3,(H,25,28)(H,26,27,29). The molecule has 2 amide bonds. The number of anilines is 2. The van der Waals surface area contributed by atoms with Gasteiger partial charge in [0.05, 0.1) is 16.0 Å². The van der Waals surface area contributed by atoms with Crippen LogP contribution < -0.4 is 15.4 Å². The van der Waals surface area contributed by atoms with E-state index in [0.29, 0.717) is 16.6 Å². The lowest BCUT2D eigenvalue weighted by molar-refractivity contribution is -0.118. The minimum atomic E-state index is -0.236. The van der Waals surface area contributed by atoms with Crippen LogP contribution in [-0.2, 0) is 9.59 Å². The summed E-state index contributed by atoms with van der Waals surface area (Å²) in [6.07, 6.45) is 0. The minimum Gasteiger partial charge on any atom is -0.484 e. The third-order valence-electron chi connectivity index (χ3n) is 4.41. The molecule has 0 saturated heterocycles. The summed E-state index contributed by atoms with van der Waals surface area (Å²) in [6, 6.07) is 22.5. The van der Waals surface area contributed by atoms with Crippen LogP contribution in [0.3, 0.4) is 0 Å². The number of para-hydroxylation sites is 1. The van der Waals surface area contributed by atoms with Crippen molar-refractivity contribution in [1.82, 2.24) is 4.98 Å². The van der Waals surface area contributed by atoms with Crippen LogP contribution in [0.25, 0.3) is 10.2 Å². The molecule has 0 unspecified atom stereocenters. The molecule has 0 saturated carbocycles. The zero-order valence-corrected chi connectivity index (χ0v) is 19.0. The highest BCUT2D eigenvalue weighted by atomic mass is 32.2. The van der Waals surface area contributed by atoms with Gasteiger partial charge < -0.3 is 15.4 Å². The van der Waals surface area contributed by atoms with Gasteiger partial charge in [0.25, 0.3) is 5.91 Å². The first kappa shape index (κ1) is 21.9. The number of amides is 2. The second-order valence-electron chi connectivity index (χ2n) is 7.00. The van der Waals surface area contributed by atoms with E-state index in [1.807, 2.05) is 49.4 Å². The highest BCUT2D eigenvalue weighted by molar-refractivity contribution is 8.00. The summed E-state index contributed by atoms with van der Waals surface area (Å²) in [5.74, 6) is 0.570. The third-order valence-corrected chi connectivity index (χ3v) is 6.36. The van der Waals surface area contributed by atoms with Gasteiger partial charge in [-0.15, -0.1) is 11.8 Å². The van der Waals surface area contributed by atoms with Crippen LogP contribution in [0.15, 0.2) is 77.7 Å². The van der Waals surface area contributed by atoms with Crippen molar-refractivity contribution in [3.63, 3.8) is 0 Å². The van der Waals surface area contributed by atoms with Crippen LogP contribution in [0.1, 0.15) is 5.56 Å². The number of thiazole rings is 1. The Hall–Kier alpha value is -3.36. The van der Waals surface area contributed by atoms with Crippen molar-refractivity contribution in [3.8, 4) is 5.75 Å². The molecule has 32 heavy (non-hydrogen) atoms. The molecule has 8 heteroatoms. The number of carbonyl (C=O) groups is 2. The summed E-state index contributed by atoms with van der Waals surface area (Å²) < 4.78 is 6.49. The average molecular weight is 464 g/mol. The predicted octanol–water partition coefficient (Wildman–Crippen LogP) is 5.35. The third kappa shape index (κ3) is 6.09. The molecule has 2 N–H and O–H groups in total. The molecule has 0 spiro atoms. The van der Waals surface area contributed by atoms with E-state index in [1.54, 1.807) is 24.3 Å². The zero-order valence-electron chi connectivity index (χ0n) is 17.3. The fourth-order valence-electron chi connectivity index (χ4n) is 2.89. The number of nitrogens with one attached hydrogen (secondary N) is 2. The second-order valence-corrected chi connectivity index (χ2v) is 9.08. The molecule has 0 radical (unpaired) electrons. The van der Waals surface area contributed by atoms with Crippen molar-refractivity contribution in [2.75, 3.05) is 23.0 Å². The number of ether oxygens (including phenoxy) is 1. The predicted molar refractivity (Wildman–Crippen MR) is 131 cm³/mol. The summed E-state index contributed by atoms with van der Waals surface area (Å²) in [7, 11) is 0. The Bertz CT molecular complexity index is 1220. The van der Waals surface area contributed by atoms with E-state index in [9.17, 15) is 9.59 Å². The number of thioether (sulfide) groups is 1. The lowest BCUT2D eigenvalue weighted by Gasteiger charge is -2.08. The number of hydrogen-bond donors (Lipinski definition) is 2. The van der Waals surface area contributed by atoms with Crippen LogP contribution in [0.4, 0.5) is 10.8 Å². The maximum absolute atomic E-state index is 12.3. The molecule has 3 aromatic carbocycles. The molecule has 162 valence electrons. The number of aromatic nitrogens is 1. The van der Waals surface area contributed by atoms with Gasteiger partial charge in [-0.2, -0.15) is 0 Å². The van der Waals surface area contributed by atoms with E-state index in [1.165, 1.54) is 23.1 Å². The van der Waals surface area contributed by atoms with Crippen LogP contribution in [0.2, 0.25) is 0 Å². The van der Waals surface area contributed by atoms with Crippen LogP contribution in [0.5, 0.6) is 5.75 Å². The van der Waals surface area contributed by atoms with Crippen molar-refractivity contribution >= 4 is 55.9 Å². The second kappa shape index (κ2) is 10.3. The van der Waals surface area contributed by atoms with E-state index in [-0.39, 0.29) is 24.2 Å². The Morgan fingerprint density at radius 2 is 1.75 bits per heavy atom. The molecule has 1 aromatic heterocycles. The fourth-order valence-corrected chi connectivity index (χ4v) is 4.57. The zero-order chi connectivity index (χ0) is 22.3. The van der Waals surface area contributed by atoms with Gasteiger partial charge in [0.1, 0.15) is 5.75 Å². The van der Waals surface area contributed by atoms with Crippen molar-refractivity contribution in [3.05, 3.63) is 78.4 Å². The average Bonchev–Trinajstić information content (AvgIpc) is 3.19. The molecule has 0 aliphatic heterocycles. The van der Waals surface area contributed by atoms with Crippen molar-refractivity contribution in [2.24, 2.45) is 0 Å². The largest absolute Gasteiger partial charge is 0.484 e. The van der Waals surface area contributed by atoms with Crippen molar-refractivity contribution in [1.29, 1.82) is 0 Å². The van der Waals surface area contributed by atoms with Gasteiger partial charge >= 0.3 is 0 Å². The Labute approximate surface area is 194 Å². The normalized spacial score (nSPS) is 10.7. The summed E-state index contributed by atoms with van der Waals surface area (Å²) in [5, 5.41) is 6.26. The van der Waals surface area contributed by atoms with Crippen LogP contribution in [-0.4, -0.2) is 29.2 Å². The quantitative estimate of drug-likeness (QED) is 0.344. The number of hydrogen-bond acceptors (Lipinski definition) is 6. The fraction of sp³-hybridized carbons (Fsp3) is 0.125. The SMILES string of the molecule is Cc1ccc2nc(NC(=O)CSc3ccc(NC(=O)COc4ccccc4)cc3)sc2c1. The van der Waals surface area contributed by atoms with Crippen LogP contribution >= 0.6 is 23.1 Å². The minimum absolute atomic E-state index is 0.0635. The van der Waals surface area contributed by atoms with E-state index >= 15 is 0 Å². The summed E-state index contributed by atoms with van der Waals surface area (Å²) in [4.78, 5) is 29.7. The van der Waals surface area contributed by atoms with Gasteiger partial charge in [-0.3, -0.25) is 9.59 Å². The van der Waals surface area contributed by atoms with Crippen LogP contribution in [0, 0.1) is 6.92 Å². The van der Waals surface area contributed by atoms with Gasteiger partial charge in [0.2, 0.25) is 5.91 Å². The highest BCUT2D eigenvalue weighted by Crippen LogP contribution is 2.27. The number of carbonyl (C=O) groups excluding carboxylic acids is 2. The van der Waals surface area contributed by atoms with Gasteiger partial charge in [-0.05, 0) is 61.0 Å². The number of benzene rings is 3. The highest BCUT2D eigenvalue weighted by Gasteiger charge is 2.09. The monoisotopic (exact) mass is 463 g/mol. The maximum atomic E-state index is 12.3. The lowest BCUT2D eigenvalue weighted by Crippen LogP contribution is -2.20. The maximum Gasteiger partial charge on any atom is 0.262 e. The lowest BCUT2D eigenvalue weighted by atomic mass is 10.2. The Morgan fingerprint density at radius 1 is 0.969 bits per heavy atom. The number of nitrogens with zero attached hydrogens (tertiary/aromatic N) is 1. The van der Waals surface area contributed by atoms with E-state index < -0.39 is 0 Å². The van der Waals surface area contributed by atoms with Gasteiger partial charge in [0.15, 0.2) is 11.7 Å². The first-order valence-electron chi connectivity index (χ1n) is 9.93. The molecule has 4 rings (SSSR count). The first-order valence-corrected chi connectivity index (χ1v) is 11.7. The van der Waals surface area contributed by atoms with E-state index in [4.69, 9.17) is 4.74 Å². The molecule has 6 nitrogen and oxygen atoms in total. The Morgan fingerprint density at radius 3 is 2.53 bits per heavy atom. The first-order chi connectivity index (χ1) is 15.5. The molecule has 1 heterocycles. The number of rotatable bonds is 8. The molecule has 0 aliphatic rings. The van der Waals surface area contributed by atoms with Crippen molar-refractivity contribution < 1.29 is 14.3 Å². The van der Waals surface area contributed by atoms with Gasteiger partial charge in [-0.25, -0.2) is 4.98 Å². The molecule has 0 fully saturated rings. The topological polar surface area (TPSA) is 80.3 Å². The van der Waals surface area contributed by atoms with E-state index in [0.717, 1.165) is 20.7 Å². The van der Waals surface area contributed by atoms with Crippen molar-refractivity contribution in [2.45, 2.75) is 11.8 Å². The van der Waals surface area contributed by atoms with Gasteiger partial charge in [-0.1, -0.05) is 35.6 Å². The Balaban J connectivity index is 1.23.